The van der Waals surface area contributed by atoms with Crippen molar-refractivity contribution >= 4 is 17.7 Å². The highest BCUT2D eigenvalue weighted by Crippen LogP contribution is 2.35. The minimum Gasteiger partial charge on any atom is -0.549 e. The second kappa shape index (κ2) is 4.52. The van der Waals surface area contributed by atoms with Gasteiger partial charge < -0.3 is 9.90 Å². The van der Waals surface area contributed by atoms with Crippen LogP contribution in [-0.2, 0) is 11.0 Å². The predicted octanol–water partition coefficient (Wildman–Crippen LogP) is 0.942. The molecule has 1 heterocycles. The Hall–Kier alpha value is -1.24. The molecule has 0 saturated heterocycles. The molecular weight excluding hydrogens is 231 g/mol. The zero-order valence-electron chi connectivity index (χ0n) is 7.25. The van der Waals surface area contributed by atoms with Gasteiger partial charge in [-0.15, -0.1) is 11.8 Å². The topological polar surface area (TPSA) is 53.0 Å². The van der Waals surface area contributed by atoms with Gasteiger partial charge in [0.2, 0.25) is 0 Å². The van der Waals surface area contributed by atoms with Crippen LogP contribution in [0.4, 0.5) is 13.2 Å². The average molecular weight is 236 g/mol. The van der Waals surface area contributed by atoms with E-state index in [2.05, 4.69) is 4.98 Å². The van der Waals surface area contributed by atoms with Crippen LogP contribution in [0, 0.1) is 0 Å². The highest BCUT2D eigenvalue weighted by molar-refractivity contribution is 8.00. The van der Waals surface area contributed by atoms with Crippen molar-refractivity contribution in [2.75, 3.05) is 5.75 Å². The highest BCUT2D eigenvalue weighted by Gasteiger charge is 2.33. The molecule has 0 saturated carbocycles. The first kappa shape index (κ1) is 11.8. The van der Waals surface area contributed by atoms with Crippen LogP contribution in [0.3, 0.4) is 0 Å². The molecule has 0 aliphatic rings. The van der Waals surface area contributed by atoms with Crippen molar-refractivity contribution in [2.24, 2.45) is 0 Å². The number of alkyl halides is 3. The number of carboxylic acids is 1. The van der Waals surface area contributed by atoms with Crippen LogP contribution >= 0.6 is 11.8 Å². The second-order valence-corrected chi connectivity index (χ2v) is 3.55. The number of halogens is 3. The maximum absolute atomic E-state index is 12.4. The van der Waals surface area contributed by atoms with Crippen molar-refractivity contribution in [3.8, 4) is 0 Å². The maximum Gasteiger partial charge on any atom is 0.417 e. The summed E-state index contributed by atoms with van der Waals surface area (Å²) >= 11 is 0.537. The number of aliphatic carboxylic acids is 1. The van der Waals surface area contributed by atoms with Gasteiger partial charge in [0.05, 0.1) is 11.5 Å². The standard InChI is InChI=1S/C8H6F3NO2S/c9-8(10,11)5-1-2-12-3-6(5)15-4-7(13)14/h1-3H,4H2,(H,13,14)/p-1. The smallest absolute Gasteiger partial charge is 0.417 e. The van der Waals surface area contributed by atoms with Crippen LogP contribution in [0.1, 0.15) is 5.56 Å². The largest absolute Gasteiger partial charge is 0.549 e. The van der Waals surface area contributed by atoms with E-state index in [1.54, 1.807) is 0 Å². The predicted molar refractivity (Wildman–Crippen MR) is 45.0 cm³/mol. The molecule has 7 heteroatoms. The van der Waals surface area contributed by atoms with E-state index in [0.717, 1.165) is 18.5 Å². The lowest BCUT2D eigenvalue weighted by atomic mass is 10.3. The normalized spacial score (nSPS) is 11.4. The summed E-state index contributed by atoms with van der Waals surface area (Å²) in [6.45, 7) is 0. The van der Waals surface area contributed by atoms with Crippen LogP contribution in [0.5, 0.6) is 0 Å². The Kier molecular flexibility index (Phi) is 3.57. The molecule has 1 rings (SSSR count). The van der Waals surface area contributed by atoms with E-state index in [-0.39, 0.29) is 4.90 Å². The van der Waals surface area contributed by atoms with E-state index in [1.807, 2.05) is 0 Å². The molecule has 0 spiro atoms. The van der Waals surface area contributed by atoms with E-state index in [4.69, 9.17) is 0 Å². The monoisotopic (exact) mass is 236 g/mol. The molecule has 0 amide bonds. The molecule has 0 bridgehead atoms. The van der Waals surface area contributed by atoms with Crippen molar-refractivity contribution in [1.82, 2.24) is 4.98 Å². The summed E-state index contributed by atoms with van der Waals surface area (Å²) in [6, 6.07) is 0.803. The Labute approximate surface area is 87.3 Å². The van der Waals surface area contributed by atoms with Crippen molar-refractivity contribution in [3.63, 3.8) is 0 Å². The number of aromatic nitrogens is 1. The van der Waals surface area contributed by atoms with E-state index in [0.29, 0.717) is 11.8 Å². The van der Waals surface area contributed by atoms with Crippen molar-refractivity contribution in [3.05, 3.63) is 24.0 Å². The SMILES string of the molecule is O=C([O-])CSc1cnccc1C(F)(F)F. The Bertz CT molecular complexity index is 367. The average Bonchev–Trinajstić information content (AvgIpc) is 2.13. The van der Waals surface area contributed by atoms with Gasteiger partial charge in [0.1, 0.15) is 0 Å². The molecule has 0 aliphatic carbocycles. The van der Waals surface area contributed by atoms with Crippen LogP contribution in [0.2, 0.25) is 0 Å². The van der Waals surface area contributed by atoms with E-state index < -0.39 is 23.5 Å². The molecule has 3 nitrogen and oxygen atoms in total. The fraction of sp³-hybridized carbons (Fsp3) is 0.250. The van der Waals surface area contributed by atoms with E-state index >= 15 is 0 Å². The molecule has 15 heavy (non-hydrogen) atoms. The van der Waals surface area contributed by atoms with Gasteiger partial charge in [-0.05, 0) is 6.07 Å². The fourth-order valence-electron chi connectivity index (χ4n) is 0.866. The lowest BCUT2D eigenvalue weighted by molar-refractivity contribution is -0.301. The highest BCUT2D eigenvalue weighted by atomic mass is 32.2. The van der Waals surface area contributed by atoms with Gasteiger partial charge in [0.15, 0.2) is 0 Å². The molecule has 0 fully saturated rings. The van der Waals surface area contributed by atoms with Crippen molar-refractivity contribution in [2.45, 2.75) is 11.1 Å². The zero-order chi connectivity index (χ0) is 11.5. The first-order valence-corrected chi connectivity index (χ1v) is 4.73. The summed E-state index contributed by atoms with van der Waals surface area (Å²) in [5.41, 5.74) is -0.885. The third kappa shape index (κ3) is 3.43. The number of pyridine rings is 1. The quantitative estimate of drug-likeness (QED) is 0.733. The summed E-state index contributed by atoms with van der Waals surface area (Å²) in [5, 5.41) is 10.1. The van der Waals surface area contributed by atoms with Gasteiger partial charge in [0.25, 0.3) is 0 Å². The number of rotatable bonds is 3. The van der Waals surface area contributed by atoms with Crippen LogP contribution < -0.4 is 5.11 Å². The second-order valence-electron chi connectivity index (χ2n) is 2.53. The molecule has 1 aromatic rings. The summed E-state index contributed by atoms with van der Waals surface area (Å²) in [7, 11) is 0. The third-order valence-electron chi connectivity index (χ3n) is 1.44. The minimum absolute atomic E-state index is 0.214. The van der Waals surface area contributed by atoms with Crippen LogP contribution in [0.25, 0.3) is 0 Å². The summed E-state index contributed by atoms with van der Waals surface area (Å²) in [4.78, 5) is 13.4. The van der Waals surface area contributed by atoms with Gasteiger partial charge >= 0.3 is 6.18 Å². The molecule has 0 unspecified atom stereocenters. The Balaban J connectivity index is 2.92. The number of carbonyl (C=O) groups is 1. The third-order valence-corrected chi connectivity index (χ3v) is 2.45. The molecule has 82 valence electrons. The van der Waals surface area contributed by atoms with Crippen molar-refractivity contribution < 1.29 is 23.1 Å². The van der Waals surface area contributed by atoms with E-state index in [1.165, 1.54) is 0 Å². The van der Waals surface area contributed by atoms with Crippen molar-refractivity contribution in [1.29, 1.82) is 0 Å². The number of hydrogen-bond acceptors (Lipinski definition) is 4. The summed E-state index contributed by atoms with van der Waals surface area (Å²) < 4.78 is 37.1. The molecular formula is C8H5F3NO2S-. The van der Waals surface area contributed by atoms with E-state index in [9.17, 15) is 23.1 Å². The Morgan fingerprint density at radius 3 is 2.73 bits per heavy atom. The maximum atomic E-state index is 12.4. The number of thioether (sulfide) groups is 1. The summed E-state index contributed by atoms with van der Waals surface area (Å²) in [6.07, 6.45) is -2.51. The lowest BCUT2D eigenvalue weighted by Gasteiger charge is -2.11. The molecule has 0 atom stereocenters. The first-order chi connectivity index (χ1) is 6.91. The number of nitrogens with zero attached hydrogens (tertiary/aromatic N) is 1. The minimum atomic E-state index is -4.50. The Morgan fingerprint density at radius 1 is 1.53 bits per heavy atom. The Morgan fingerprint density at radius 2 is 2.20 bits per heavy atom. The fourth-order valence-corrected chi connectivity index (χ4v) is 1.61. The van der Waals surface area contributed by atoms with Gasteiger partial charge in [-0.3, -0.25) is 4.98 Å². The number of carboxylic acid groups (broad SMARTS) is 1. The molecule has 1 aromatic heterocycles. The van der Waals surface area contributed by atoms with Gasteiger partial charge in [0, 0.05) is 23.0 Å². The number of hydrogen-bond donors (Lipinski definition) is 0. The molecule has 0 radical (unpaired) electrons. The summed E-state index contributed by atoms with van der Waals surface area (Å²) in [5.74, 6) is -1.95. The first-order valence-electron chi connectivity index (χ1n) is 3.75. The molecule has 0 N–H and O–H groups in total. The van der Waals surface area contributed by atoms with Crippen LogP contribution in [0.15, 0.2) is 23.4 Å². The van der Waals surface area contributed by atoms with Crippen LogP contribution in [-0.4, -0.2) is 16.7 Å². The van der Waals surface area contributed by atoms with Gasteiger partial charge in [-0.1, -0.05) is 0 Å². The molecule has 0 aromatic carbocycles. The lowest BCUT2D eigenvalue weighted by Crippen LogP contribution is -2.24. The van der Waals surface area contributed by atoms with Gasteiger partial charge in [-0.25, -0.2) is 0 Å². The number of carbonyl (C=O) groups excluding carboxylic acids is 1. The zero-order valence-corrected chi connectivity index (χ0v) is 8.06. The molecule has 0 aliphatic heterocycles. The van der Waals surface area contributed by atoms with Gasteiger partial charge in [-0.2, -0.15) is 13.2 Å².